The van der Waals surface area contributed by atoms with Gasteiger partial charge in [0.25, 0.3) is 5.91 Å². The summed E-state index contributed by atoms with van der Waals surface area (Å²) in [6.07, 6.45) is 0. The third-order valence-electron chi connectivity index (χ3n) is 4.71. The SMILES string of the molecule is Cc1c(C(=O)NNC(=O)[C@@H](NS(=O)(=O)c2ccccc2F)C(C)C)oc2ccccc12. The molecule has 3 N–H and O–H groups in total. The van der Waals surface area contributed by atoms with Crippen molar-refractivity contribution in [2.24, 2.45) is 5.92 Å². The van der Waals surface area contributed by atoms with Gasteiger partial charge in [-0.15, -0.1) is 0 Å². The number of fused-ring (bicyclic) bond motifs is 1. The monoisotopic (exact) mass is 447 g/mol. The van der Waals surface area contributed by atoms with E-state index in [9.17, 15) is 22.4 Å². The summed E-state index contributed by atoms with van der Waals surface area (Å²) in [5.41, 5.74) is 5.56. The Kier molecular flexibility index (Phi) is 6.42. The van der Waals surface area contributed by atoms with Crippen molar-refractivity contribution < 1.29 is 26.8 Å². The molecule has 0 unspecified atom stereocenters. The first-order chi connectivity index (χ1) is 14.6. The summed E-state index contributed by atoms with van der Waals surface area (Å²) in [5.74, 6) is -2.91. The van der Waals surface area contributed by atoms with Gasteiger partial charge in [0.1, 0.15) is 22.3 Å². The molecule has 0 aliphatic heterocycles. The number of rotatable bonds is 6. The molecule has 10 heteroatoms. The number of nitrogens with one attached hydrogen (secondary N) is 3. The van der Waals surface area contributed by atoms with Gasteiger partial charge in [0, 0.05) is 10.9 Å². The number of sulfonamides is 1. The second-order valence-electron chi connectivity index (χ2n) is 7.27. The lowest BCUT2D eigenvalue weighted by atomic mass is 10.1. The van der Waals surface area contributed by atoms with E-state index >= 15 is 0 Å². The van der Waals surface area contributed by atoms with Crippen LogP contribution in [0, 0.1) is 18.7 Å². The number of hydrogen-bond acceptors (Lipinski definition) is 5. The van der Waals surface area contributed by atoms with Gasteiger partial charge < -0.3 is 4.42 Å². The Labute approximate surface area is 178 Å². The maximum atomic E-state index is 13.9. The molecular formula is C21H22FN3O5S. The van der Waals surface area contributed by atoms with Crippen molar-refractivity contribution in [1.29, 1.82) is 0 Å². The number of halogens is 1. The molecule has 8 nitrogen and oxygen atoms in total. The lowest BCUT2D eigenvalue weighted by molar-refractivity contribution is -0.124. The molecule has 0 aliphatic carbocycles. The zero-order valence-electron chi connectivity index (χ0n) is 17.1. The average Bonchev–Trinajstić information content (AvgIpc) is 3.07. The summed E-state index contributed by atoms with van der Waals surface area (Å²) < 4.78 is 46.7. The first kappa shape index (κ1) is 22.4. The van der Waals surface area contributed by atoms with Crippen molar-refractivity contribution in [1.82, 2.24) is 15.6 Å². The molecule has 3 aromatic rings. The van der Waals surface area contributed by atoms with E-state index in [0.717, 1.165) is 17.5 Å². The normalized spacial score (nSPS) is 12.7. The fourth-order valence-electron chi connectivity index (χ4n) is 3.03. The van der Waals surface area contributed by atoms with Gasteiger partial charge in [-0.1, -0.05) is 44.2 Å². The fourth-order valence-corrected chi connectivity index (χ4v) is 4.45. The minimum atomic E-state index is -4.31. The highest BCUT2D eigenvalue weighted by Crippen LogP contribution is 2.24. The highest BCUT2D eigenvalue weighted by atomic mass is 32.2. The Morgan fingerprint density at radius 2 is 1.65 bits per heavy atom. The Bertz CT molecular complexity index is 1240. The molecule has 2 amide bonds. The molecule has 2 aromatic carbocycles. The molecular weight excluding hydrogens is 425 g/mol. The van der Waals surface area contributed by atoms with Gasteiger partial charge in [0.05, 0.1) is 0 Å². The molecule has 164 valence electrons. The standard InChI is InChI=1S/C21H22FN3O5S/c1-12(2)18(25-31(28,29)17-11-7-5-9-15(17)22)20(26)23-24-21(27)19-13(3)14-8-4-6-10-16(14)30-19/h4-12,18,25H,1-3H3,(H,23,26)(H,24,27)/t18-/m0/s1. The van der Waals surface area contributed by atoms with E-state index in [1.165, 1.54) is 12.1 Å². The molecule has 1 heterocycles. The molecule has 0 aliphatic rings. The fraction of sp³-hybridized carbons (Fsp3) is 0.238. The van der Waals surface area contributed by atoms with E-state index in [1.54, 1.807) is 39.0 Å². The number of carbonyl (C=O) groups is 2. The van der Waals surface area contributed by atoms with Crippen molar-refractivity contribution >= 4 is 32.8 Å². The minimum Gasteiger partial charge on any atom is -0.451 e. The van der Waals surface area contributed by atoms with Crippen LogP contribution in [0.1, 0.15) is 30.0 Å². The summed E-state index contributed by atoms with van der Waals surface area (Å²) >= 11 is 0. The maximum absolute atomic E-state index is 13.9. The van der Waals surface area contributed by atoms with Crippen LogP contribution in [-0.2, 0) is 14.8 Å². The van der Waals surface area contributed by atoms with E-state index in [0.29, 0.717) is 11.1 Å². The lowest BCUT2D eigenvalue weighted by Gasteiger charge is -2.21. The Morgan fingerprint density at radius 3 is 2.29 bits per heavy atom. The van der Waals surface area contributed by atoms with Gasteiger partial charge in [0.15, 0.2) is 5.76 Å². The number of para-hydroxylation sites is 1. The quantitative estimate of drug-likeness (QED) is 0.502. The zero-order valence-corrected chi connectivity index (χ0v) is 17.9. The molecule has 0 fully saturated rings. The highest BCUT2D eigenvalue weighted by molar-refractivity contribution is 7.89. The van der Waals surface area contributed by atoms with Crippen LogP contribution in [0.15, 0.2) is 57.8 Å². The first-order valence-electron chi connectivity index (χ1n) is 9.47. The summed E-state index contributed by atoms with van der Waals surface area (Å²) in [4.78, 5) is 24.5. The van der Waals surface area contributed by atoms with Crippen molar-refractivity contribution in [3.63, 3.8) is 0 Å². The molecule has 0 radical (unpaired) electrons. The van der Waals surface area contributed by atoms with E-state index in [1.807, 2.05) is 6.07 Å². The maximum Gasteiger partial charge on any atom is 0.305 e. The number of hydrogen-bond donors (Lipinski definition) is 3. The van der Waals surface area contributed by atoms with Gasteiger partial charge in [0.2, 0.25) is 10.0 Å². The largest absolute Gasteiger partial charge is 0.451 e. The van der Waals surface area contributed by atoms with Crippen molar-refractivity contribution in [3.05, 3.63) is 65.7 Å². The number of amides is 2. The molecule has 0 saturated heterocycles. The number of carbonyl (C=O) groups excluding carboxylic acids is 2. The van der Waals surface area contributed by atoms with Crippen LogP contribution in [0.5, 0.6) is 0 Å². The Hall–Kier alpha value is -3.24. The van der Waals surface area contributed by atoms with Crippen LogP contribution in [0.2, 0.25) is 0 Å². The van der Waals surface area contributed by atoms with Crippen LogP contribution in [0.4, 0.5) is 4.39 Å². The molecule has 31 heavy (non-hydrogen) atoms. The van der Waals surface area contributed by atoms with E-state index in [2.05, 4.69) is 15.6 Å². The van der Waals surface area contributed by atoms with Crippen LogP contribution in [0.25, 0.3) is 11.0 Å². The predicted octanol–water partition coefficient (Wildman–Crippen LogP) is 2.64. The number of aryl methyl sites for hydroxylation is 1. The van der Waals surface area contributed by atoms with Crippen molar-refractivity contribution in [3.8, 4) is 0 Å². The average molecular weight is 447 g/mol. The van der Waals surface area contributed by atoms with Crippen LogP contribution in [0.3, 0.4) is 0 Å². The predicted molar refractivity (Wildman–Crippen MR) is 112 cm³/mol. The summed E-state index contributed by atoms with van der Waals surface area (Å²) in [6.45, 7) is 4.93. The van der Waals surface area contributed by atoms with E-state index in [4.69, 9.17) is 4.42 Å². The minimum absolute atomic E-state index is 0.0227. The summed E-state index contributed by atoms with van der Waals surface area (Å²) in [7, 11) is -4.31. The third kappa shape index (κ3) is 4.75. The topological polar surface area (TPSA) is 118 Å². The Morgan fingerprint density at radius 1 is 1.00 bits per heavy atom. The number of hydrazine groups is 1. The summed E-state index contributed by atoms with van der Waals surface area (Å²) in [5, 5.41) is 0.761. The second-order valence-corrected chi connectivity index (χ2v) is 8.95. The molecule has 3 rings (SSSR count). The van der Waals surface area contributed by atoms with Crippen LogP contribution in [-0.4, -0.2) is 26.3 Å². The molecule has 1 atom stereocenters. The van der Waals surface area contributed by atoms with Gasteiger partial charge in [-0.25, -0.2) is 12.8 Å². The zero-order chi connectivity index (χ0) is 22.8. The lowest BCUT2D eigenvalue weighted by Crippen LogP contribution is -2.54. The molecule has 0 saturated carbocycles. The van der Waals surface area contributed by atoms with Gasteiger partial charge in [-0.3, -0.25) is 20.4 Å². The van der Waals surface area contributed by atoms with Crippen molar-refractivity contribution in [2.45, 2.75) is 31.7 Å². The van der Waals surface area contributed by atoms with Gasteiger partial charge in [-0.2, -0.15) is 4.72 Å². The van der Waals surface area contributed by atoms with Crippen molar-refractivity contribution in [2.75, 3.05) is 0 Å². The van der Waals surface area contributed by atoms with Crippen LogP contribution < -0.4 is 15.6 Å². The third-order valence-corrected chi connectivity index (χ3v) is 6.18. The number of furan rings is 1. The van der Waals surface area contributed by atoms with E-state index < -0.39 is 44.5 Å². The summed E-state index contributed by atoms with van der Waals surface area (Å²) in [6, 6.07) is 10.7. The van der Waals surface area contributed by atoms with E-state index in [-0.39, 0.29) is 5.76 Å². The smallest absolute Gasteiger partial charge is 0.305 e. The van der Waals surface area contributed by atoms with Gasteiger partial charge in [-0.05, 0) is 31.0 Å². The van der Waals surface area contributed by atoms with Gasteiger partial charge >= 0.3 is 5.91 Å². The highest BCUT2D eigenvalue weighted by Gasteiger charge is 2.30. The molecule has 1 aromatic heterocycles. The Balaban J connectivity index is 1.73. The number of benzene rings is 2. The second kappa shape index (κ2) is 8.86. The molecule has 0 spiro atoms. The first-order valence-corrected chi connectivity index (χ1v) is 11.0. The van der Waals surface area contributed by atoms with Crippen LogP contribution >= 0.6 is 0 Å². The molecule has 0 bridgehead atoms.